The van der Waals surface area contributed by atoms with Gasteiger partial charge in [-0.2, -0.15) is 0 Å². The summed E-state index contributed by atoms with van der Waals surface area (Å²) in [6.07, 6.45) is 3.41. The van der Waals surface area contributed by atoms with Gasteiger partial charge in [0.25, 0.3) is 5.91 Å². The highest BCUT2D eigenvalue weighted by atomic mass is 35.5. The number of nitrogens with zero attached hydrogens (tertiary/aromatic N) is 1. The molecule has 2 aliphatic rings. The first kappa shape index (κ1) is 20.0. The van der Waals surface area contributed by atoms with Crippen LogP contribution < -0.4 is 10.1 Å². The van der Waals surface area contributed by atoms with E-state index in [9.17, 15) is 4.79 Å². The van der Waals surface area contributed by atoms with E-state index in [1.165, 1.54) is 6.42 Å². The number of nitrogens with one attached hydrogen (secondary N) is 1. The molecule has 2 atom stereocenters. The van der Waals surface area contributed by atoms with E-state index >= 15 is 0 Å². The van der Waals surface area contributed by atoms with Gasteiger partial charge in [-0.1, -0.05) is 35.9 Å². The quantitative estimate of drug-likeness (QED) is 0.822. The third kappa shape index (κ3) is 4.75. The number of halogens is 2. The smallest absolute Gasteiger partial charge is 0.257 e. The molecule has 27 heavy (non-hydrogen) atoms. The molecule has 0 aliphatic carbocycles. The van der Waals surface area contributed by atoms with Gasteiger partial charge < -0.3 is 15.0 Å². The fraction of sp³-hybridized carbons (Fsp3) is 0.381. The van der Waals surface area contributed by atoms with Crippen LogP contribution in [0.2, 0.25) is 5.02 Å². The summed E-state index contributed by atoms with van der Waals surface area (Å²) in [6, 6.07) is 16.1. The average Bonchev–Trinajstić information content (AvgIpc) is 3.00. The molecule has 2 bridgehead atoms. The number of hydrogen-bond donors (Lipinski definition) is 1. The summed E-state index contributed by atoms with van der Waals surface area (Å²) in [6.45, 7) is 1.99. The number of carbonyl (C=O) groups is 1. The summed E-state index contributed by atoms with van der Waals surface area (Å²) in [5.74, 6) is 0.695. The molecule has 2 heterocycles. The second-order valence-corrected chi connectivity index (χ2v) is 7.53. The van der Waals surface area contributed by atoms with Crippen molar-refractivity contribution in [1.29, 1.82) is 0 Å². The van der Waals surface area contributed by atoms with E-state index < -0.39 is 0 Å². The van der Waals surface area contributed by atoms with Gasteiger partial charge in [0.2, 0.25) is 0 Å². The number of rotatable bonds is 4. The topological polar surface area (TPSA) is 41.6 Å². The summed E-state index contributed by atoms with van der Waals surface area (Å²) in [7, 11) is 0. The minimum atomic E-state index is 0. The van der Waals surface area contributed by atoms with Crippen LogP contribution in [-0.2, 0) is 6.61 Å². The Morgan fingerprint density at radius 1 is 1.07 bits per heavy atom. The Bertz CT molecular complexity index is 782. The van der Waals surface area contributed by atoms with Crippen molar-refractivity contribution in [3.05, 3.63) is 64.7 Å². The first-order valence-electron chi connectivity index (χ1n) is 9.20. The molecular formula is C21H24Cl2N2O2. The lowest BCUT2D eigenvalue weighted by atomic mass is 10.1. The Labute approximate surface area is 171 Å². The third-order valence-electron chi connectivity index (χ3n) is 5.24. The predicted molar refractivity (Wildman–Crippen MR) is 110 cm³/mol. The molecule has 0 spiro atoms. The van der Waals surface area contributed by atoms with Crippen LogP contribution in [0, 0.1) is 0 Å². The second kappa shape index (κ2) is 8.96. The summed E-state index contributed by atoms with van der Waals surface area (Å²) in [5.41, 5.74) is 1.66. The van der Waals surface area contributed by atoms with Crippen molar-refractivity contribution < 1.29 is 9.53 Å². The van der Waals surface area contributed by atoms with Gasteiger partial charge in [-0.25, -0.2) is 0 Å². The number of fused-ring (bicyclic) bond motifs is 2. The highest BCUT2D eigenvalue weighted by Gasteiger charge is 2.32. The van der Waals surface area contributed by atoms with E-state index in [4.69, 9.17) is 16.3 Å². The van der Waals surface area contributed by atoms with Crippen molar-refractivity contribution in [2.45, 2.75) is 38.0 Å². The maximum absolute atomic E-state index is 13.1. The molecule has 2 saturated heterocycles. The van der Waals surface area contributed by atoms with Crippen LogP contribution in [0.3, 0.4) is 0 Å². The van der Waals surface area contributed by atoms with Gasteiger partial charge in [0.05, 0.1) is 5.56 Å². The minimum absolute atomic E-state index is 0. The SMILES string of the molecule is Cl.O=C(c1ccccc1OCc1ccc(Cl)cc1)N1CCC2CCC(C1)N2. The molecule has 4 nitrogen and oxygen atoms in total. The highest BCUT2D eigenvalue weighted by molar-refractivity contribution is 6.30. The molecule has 6 heteroatoms. The van der Waals surface area contributed by atoms with Gasteiger partial charge in [-0.05, 0) is 49.1 Å². The van der Waals surface area contributed by atoms with Gasteiger partial charge in [0, 0.05) is 30.2 Å². The molecule has 4 rings (SSSR count). The molecule has 0 radical (unpaired) electrons. The number of amides is 1. The second-order valence-electron chi connectivity index (χ2n) is 7.09. The van der Waals surface area contributed by atoms with E-state index in [0.29, 0.717) is 35.0 Å². The standard InChI is InChI=1S/C21H23ClN2O2.ClH/c22-16-7-5-15(6-8-16)14-26-20-4-2-1-3-19(20)21(25)24-12-11-17-9-10-18(13-24)23-17;/h1-8,17-18,23H,9-14H2;1H. The maximum Gasteiger partial charge on any atom is 0.257 e. The maximum atomic E-state index is 13.1. The zero-order valence-electron chi connectivity index (χ0n) is 15.1. The zero-order valence-corrected chi connectivity index (χ0v) is 16.6. The fourth-order valence-electron chi connectivity index (χ4n) is 3.81. The first-order valence-corrected chi connectivity index (χ1v) is 9.58. The Balaban J connectivity index is 0.00000210. The predicted octanol–water partition coefficient (Wildman–Crippen LogP) is 4.31. The van der Waals surface area contributed by atoms with Crippen LogP contribution in [-0.4, -0.2) is 36.0 Å². The Kier molecular flexibility index (Phi) is 6.64. The van der Waals surface area contributed by atoms with Crippen LogP contribution in [0.15, 0.2) is 48.5 Å². The summed E-state index contributed by atoms with van der Waals surface area (Å²) in [4.78, 5) is 15.1. The van der Waals surface area contributed by atoms with E-state index in [2.05, 4.69) is 5.32 Å². The summed E-state index contributed by atoms with van der Waals surface area (Å²) < 4.78 is 5.96. The Hall–Kier alpha value is -1.75. The zero-order chi connectivity index (χ0) is 17.9. The van der Waals surface area contributed by atoms with Gasteiger partial charge >= 0.3 is 0 Å². The van der Waals surface area contributed by atoms with Crippen molar-refractivity contribution in [3.8, 4) is 5.75 Å². The monoisotopic (exact) mass is 406 g/mol. The number of carbonyl (C=O) groups excluding carboxylic acids is 1. The molecule has 2 aromatic carbocycles. The molecule has 2 aliphatic heterocycles. The Morgan fingerprint density at radius 2 is 1.81 bits per heavy atom. The van der Waals surface area contributed by atoms with Crippen LogP contribution in [0.25, 0.3) is 0 Å². The minimum Gasteiger partial charge on any atom is -0.488 e. The van der Waals surface area contributed by atoms with E-state index in [1.807, 2.05) is 53.4 Å². The van der Waals surface area contributed by atoms with Crippen LogP contribution >= 0.6 is 24.0 Å². The first-order chi connectivity index (χ1) is 12.7. The molecule has 2 fully saturated rings. The summed E-state index contributed by atoms with van der Waals surface area (Å²) >= 11 is 5.93. The number of hydrogen-bond acceptors (Lipinski definition) is 3. The summed E-state index contributed by atoms with van der Waals surface area (Å²) in [5, 5.41) is 4.32. The van der Waals surface area contributed by atoms with Gasteiger partial charge in [0.1, 0.15) is 12.4 Å². The number of para-hydroxylation sites is 1. The van der Waals surface area contributed by atoms with Crippen LogP contribution in [0.4, 0.5) is 0 Å². The average molecular weight is 407 g/mol. The van der Waals surface area contributed by atoms with Gasteiger partial charge in [0.15, 0.2) is 0 Å². The molecule has 1 N–H and O–H groups in total. The van der Waals surface area contributed by atoms with Crippen molar-refractivity contribution in [2.75, 3.05) is 13.1 Å². The molecule has 2 unspecified atom stereocenters. The van der Waals surface area contributed by atoms with Crippen LogP contribution in [0.5, 0.6) is 5.75 Å². The van der Waals surface area contributed by atoms with Crippen molar-refractivity contribution in [2.24, 2.45) is 0 Å². The molecule has 0 saturated carbocycles. The largest absolute Gasteiger partial charge is 0.488 e. The third-order valence-corrected chi connectivity index (χ3v) is 5.49. The molecule has 0 aromatic heterocycles. The lowest BCUT2D eigenvalue weighted by Gasteiger charge is -2.25. The van der Waals surface area contributed by atoms with Crippen molar-refractivity contribution >= 4 is 29.9 Å². The van der Waals surface area contributed by atoms with E-state index in [-0.39, 0.29) is 18.3 Å². The van der Waals surface area contributed by atoms with E-state index in [1.54, 1.807) is 0 Å². The molecule has 2 aromatic rings. The van der Waals surface area contributed by atoms with Crippen LogP contribution in [0.1, 0.15) is 35.2 Å². The molecule has 144 valence electrons. The lowest BCUT2D eigenvalue weighted by Crippen LogP contribution is -2.39. The fourth-order valence-corrected chi connectivity index (χ4v) is 3.93. The Morgan fingerprint density at radius 3 is 2.63 bits per heavy atom. The number of likely N-dealkylation sites (tertiary alicyclic amines) is 1. The molecular weight excluding hydrogens is 383 g/mol. The number of ether oxygens (including phenoxy) is 1. The lowest BCUT2D eigenvalue weighted by molar-refractivity contribution is 0.0743. The number of benzene rings is 2. The highest BCUT2D eigenvalue weighted by Crippen LogP contribution is 2.25. The van der Waals surface area contributed by atoms with Gasteiger partial charge in [-0.3, -0.25) is 4.79 Å². The molecule has 1 amide bonds. The van der Waals surface area contributed by atoms with Crippen molar-refractivity contribution in [3.63, 3.8) is 0 Å². The van der Waals surface area contributed by atoms with Crippen molar-refractivity contribution in [1.82, 2.24) is 10.2 Å². The normalized spacial score (nSPS) is 21.3. The van der Waals surface area contributed by atoms with Gasteiger partial charge in [-0.15, -0.1) is 12.4 Å². The van der Waals surface area contributed by atoms with E-state index in [0.717, 1.165) is 31.5 Å².